The van der Waals surface area contributed by atoms with E-state index in [0.717, 1.165) is 0 Å². The van der Waals surface area contributed by atoms with Gasteiger partial charge in [-0.05, 0) is 7.05 Å². The molecular formula is C7H12BN5O3S. The lowest BCUT2D eigenvalue weighted by Gasteiger charge is -2.07. The Morgan fingerprint density at radius 1 is 1.76 bits per heavy atom. The first-order valence-corrected chi connectivity index (χ1v) is 6.48. The van der Waals surface area contributed by atoms with Crippen molar-refractivity contribution in [1.29, 1.82) is 0 Å². The van der Waals surface area contributed by atoms with E-state index >= 15 is 0 Å². The van der Waals surface area contributed by atoms with Gasteiger partial charge < -0.3 is 9.96 Å². The first-order chi connectivity index (χ1) is 8.10. The summed E-state index contributed by atoms with van der Waals surface area (Å²) in [4.78, 5) is 11.5. The zero-order chi connectivity index (χ0) is 12.5. The van der Waals surface area contributed by atoms with Crippen LogP contribution in [-0.4, -0.2) is 41.7 Å². The number of nitrogens with zero attached hydrogens (tertiary/aromatic N) is 3. The molecule has 0 saturated carbocycles. The summed E-state index contributed by atoms with van der Waals surface area (Å²) in [7, 11) is -0.161. The van der Waals surface area contributed by atoms with Gasteiger partial charge in [0.25, 0.3) is 0 Å². The molecule has 10 heteroatoms. The van der Waals surface area contributed by atoms with Crippen LogP contribution in [0.2, 0.25) is 0 Å². The number of amides is 2. The highest BCUT2D eigenvalue weighted by Gasteiger charge is 2.26. The van der Waals surface area contributed by atoms with Crippen LogP contribution in [0.25, 0.3) is 0 Å². The molecule has 2 heterocycles. The van der Waals surface area contributed by atoms with Crippen LogP contribution in [0, 0.1) is 0 Å². The highest BCUT2D eigenvalue weighted by Crippen LogP contribution is 2.27. The van der Waals surface area contributed by atoms with Crippen LogP contribution in [0.1, 0.15) is 0 Å². The number of hydrogen-bond donors (Lipinski definition) is 2. The minimum atomic E-state index is -3.04. The topological polar surface area (TPSA) is 97.6 Å². The first-order valence-electron chi connectivity index (χ1n) is 4.96. The van der Waals surface area contributed by atoms with E-state index in [9.17, 15) is 9.00 Å². The Hall–Kier alpha value is -1.55. The van der Waals surface area contributed by atoms with Crippen LogP contribution in [0.15, 0.2) is 15.5 Å². The Balaban J connectivity index is 2.52. The molecule has 8 nitrogen and oxygen atoms in total. The van der Waals surface area contributed by atoms with Crippen molar-refractivity contribution in [2.45, 2.75) is 11.4 Å². The van der Waals surface area contributed by atoms with E-state index in [2.05, 4.69) is 19.4 Å². The Bertz CT molecular complexity index is 562. The molecule has 0 fully saturated rings. The molecule has 1 aliphatic rings. The van der Waals surface area contributed by atoms with Gasteiger partial charge in [0.2, 0.25) is 13.9 Å². The SMILES string of the molecule is BNC(=O)N=S(=O)(NC)c1cnn2c1OCC2. The first kappa shape index (κ1) is 11.9. The molecular weight excluding hydrogens is 245 g/mol. The summed E-state index contributed by atoms with van der Waals surface area (Å²) in [5.41, 5.74) is 0. The minimum Gasteiger partial charge on any atom is -0.475 e. The lowest BCUT2D eigenvalue weighted by molar-refractivity contribution is 0.254. The van der Waals surface area contributed by atoms with Crippen molar-refractivity contribution in [2.24, 2.45) is 4.36 Å². The van der Waals surface area contributed by atoms with Gasteiger partial charge in [-0.3, -0.25) is 0 Å². The van der Waals surface area contributed by atoms with Crippen LogP contribution in [-0.2, 0) is 16.5 Å². The monoisotopic (exact) mass is 257 g/mol. The van der Waals surface area contributed by atoms with Crippen molar-refractivity contribution in [3.8, 4) is 5.88 Å². The maximum atomic E-state index is 12.5. The molecule has 0 radical (unpaired) electrons. The molecule has 1 aliphatic heterocycles. The number of carbonyl (C=O) groups excluding carboxylic acids is 1. The third kappa shape index (κ3) is 2.00. The number of urea groups is 1. The highest BCUT2D eigenvalue weighted by molar-refractivity contribution is 7.92. The molecule has 1 aromatic heterocycles. The molecule has 0 aliphatic carbocycles. The molecule has 0 saturated heterocycles. The molecule has 2 rings (SSSR count). The van der Waals surface area contributed by atoms with E-state index in [1.165, 1.54) is 21.2 Å². The normalized spacial score (nSPS) is 16.8. The van der Waals surface area contributed by atoms with Crippen LogP contribution >= 0.6 is 0 Å². The summed E-state index contributed by atoms with van der Waals surface area (Å²) in [6, 6.07) is -0.665. The third-order valence-corrected chi connectivity index (χ3v) is 4.15. The summed E-state index contributed by atoms with van der Waals surface area (Å²) in [6.45, 7) is 1.09. The maximum Gasteiger partial charge on any atom is 0.337 e. The lowest BCUT2D eigenvalue weighted by Crippen LogP contribution is -2.24. The second kappa shape index (κ2) is 4.38. The Morgan fingerprint density at radius 2 is 2.53 bits per heavy atom. The average molecular weight is 257 g/mol. The molecule has 2 amide bonds. The van der Waals surface area contributed by atoms with E-state index in [-0.39, 0.29) is 0 Å². The fraction of sp³-hybridized carbons (Fsp3) is 0.429. The predicted molar refractivity (Wildman–Crippen MR) is 62.7 cm³/mol. The molecule has 0 spiro atoms. The highest BCUT2D eigenvalue weighted by atomic mass is 32.2. The Kier molecular flexibility index (Phi) is 3.07. The summed E-state index contributed by atoms with van der Waals surface area (Å²) in [5.74, 6) is 0.400. The molecule has 0 bridgehead atoms. The average Bonchev–Trinajstić information content (AvgIpc) is 2.90. The number of nitrogens with one attached hydrogen (secondary N) is 2. The number of hydrogen-bond acceptors (Lipinski definition) is 4. The number of fused-ring (bicyclic) bond motifs is 1. The van der Waals surface area contributed by atoms with E-state index in [0.29, 0.717) is 23.9 Å². The van der Waals surface area contributed by atoms with Crippen molar-refractivity contribution in [3.05, 3.63) is 6.20 Å². The van der Waals surface area contributed by atoms with Gasteiger partial charge in [-0.1, -0.05) is 0 Å². The smallest absolute Gasteiger partial charge is 0.337 e. The minimum absolute atomic E-state index is 0.293. The Morgan fingerprint density at radius 3 is 3.18 bits per heavy atom. The van der Waals surface area contributed by atoms with Crippen molar-refractivity contribution >= 4 is 23.9 Å². The second-order valence-electron chi connectivity index (χ2n) is 3.26. The molecule has 17 heavy (non-hydrogen) atoms. The molecule has 0 aromatic carbocycles. The van der Waals surface area contributed by atoms with Gasteiger partial charge >= 0.3 is 6.03 Å². The number of ether oxygens (including phenoxy) is 1. The van der Waals surface area contributed by atoms with E-state index < -0.39 is 15.9 Å². The predicted octanol–water partition coefficient (Wildman–Crippen LogP) is -1.51. The van der Waals surface area contributed by atoms with Crippen molar-refractivity contribution in [2.75, 3.05) is 13.7 Å². The van der Waals surface area contributed by atoms with Crippen molar-refractivity contribution < 1.29 is 13.7 Å². The second-order valence-corrected chi connectivity index (χ2v) is 5.34. The maximum absolute atomic E-state index is 12.5. The van der Waals surface area contributed by atoms with E-state index in [1.54, 1.807) is 4.68 Å². The van der Waals surface area contributed by atoms with E-state index in [1.807, 2.05) is 0 Å². The van der Waals surface area contributed by atoms with Gasteiger partial charge in [0, 0.05) is 0 Å². The zero-order valence-electron chi connectivity index (χ0n) is 9.47. The Labute approximate surface area is 99.5 Å². The van der Waals surface area contributed by atoms with Gasteiger partial charge in [0.15, 0.2) is 9.92 Å². The van der Waals surface area contributed by atoms with E-state index in [4.69, 9.17) is 4.74 Å². The van der Waals surface area contributed by atoms with Gasteiger partial charge in [-0.2, -0.15) is 5.10 Å². The standard InChI is InChI=1S/C7H12BN5O3S/c1-9-17(15,12-7(14)11-8)5-4-10-13-2-3-16-6(5)13/h4H,2-3,8H2,1H3,(H2,9,11,12,14,15). The van der Waals surface area contributed by atoms with Crippen LogP contribution in [0.4, 0.5) is 4.79 Å². The molecule has 1 atom stereocenters. The summed E-state index contributed by atoms with van der Waals surface area (Å²) < 4.78 is 25.5. The molecule has 1 aromatic rings. The van der Waals surface area contributed by atoms with Crippen molar-refractivity contribution in [1.82, 2.24) is 19.7 Å². The van der Waals surface area contributed by atoms with Gasteiger partial charge in [-0.15, -0.1) is 4.36 Å². The lowest BCUT2D eigenvalue weighted by atomic mass is 10.4. The van der Waals surface area contributed by atoms with Gasteiger partial charge in [-0.25, -0.2) is 18.4 Å². The largest absolute Gasteiger partial charge is 0.475 e. The van der Waals surface area contributed by atoms with Gasteiger partial charge in [0.1, 0.15) is 11.5 Å². The zero-order valence-corrected chi connectivity index (χ0v) is 10.3. The molecule has 2 N–H and O–H groups in total. The molecule has 1 unspecified atom stereocenters. The van der Waals surface area contributed by atoms with Crippen LogP contribution in [0.3, 0.4) is 0 Å². The third-order valence-electron chi connectivity index (χ3n) is 2.30. The van der Waals surface area contributed by atoms with Crippen LogP contribution in [0.5, 0.6) is 5.88 Å². The quantitative estimate of drug-likeness (QED) is 0.629. The number of rotatable bonds is 2. The number of carbonyl (C=O) groups is 1. The van der Waals surface area contributed by atoms with Gasteiger partial charge in [0.05, 0.1) is 12.7 Å². The summed E-state index contributed by atoms with van der Waals surface area (Å²) in [5, 5.41) is 6.32. The summed E-state index contributed by atoms with van der Waals surface area (Å²) >= 11 is 0. The fourth-order valence-corrected chi connectivity index (χ4v) is 2.77. The number of aromatic nitrogens is 2. The van der Waals surface area contributed by atoms with Crippen LogP contribution < -0.4 is 14.7 Å². The molecule has 92 valence electrons. The summed E-state index contributed by atoms with van der Waals surface area (Å²) in [6.07, 6.45) is 1.40. The fourth-order valence-electron chi connectivity index (χ4n) is 1.45. The van der Waals surface area contributed by atoms with Crippen molar-refractivity contribution in [3.63, 3.8) is 0 Å².